The first kappa shape index (κ1) is 26.5. The van der Waals surface area contributed by atoms with Gasteiger partial charge in [0.15, 0.2) is 0 Å². The van der Waals surface area contributed by atoms with Crippen LogP contribution in [0.3, 0.4) is 0 Å². The van der Waals surface area contributed by atoms with Crippen molar-refractivity contribution >= 4 is 28.6 Å². The number of carbonyl (C=O) groups is 1. The van der Waals surface area contributed by atoms with Gasteiger partial charge in [-0.05, 0) is 61.2 Å². The van der Waals surface area contributed by atoms with E-state index in [1.165, 1.54) is 18.2 Å². The third kappa shape index (κ3) is 6.03. The fourth-order valence-electron chi connectivity index (χ4n) is 4.44. The molecule has 0 bridgehead atoms. The summed E-state index contributed by atoms with van der Waals surface area (Å²) >= 11 is 0. The number of nitrogens with zero attached hydrogens (tertiary/aromatic N) is 4. The van der Waals surface area contributed by atoms with Crippen LogP contribution in [-0.2, 0) is 17.8 Å². The minimum absolute atomic E-state index is 0.0112. The number of hydrogen-bond donors (Lipinski definition) is 0. The fourth-order valence-corrected chi connectivity index (χ4v) is 4.44. The number of non-ortho nitro benzene ring substituents is 1. The van der Waals surface area contributed by atoms with Crippen LogP contribution in [-0.4, -0.2) is 31.8 Å². The molecule has 3 aromatic carbocycles. The van der Waals surface area contributed by atoms with E-state index in [0.29, 0.717) is 41.8 Å². The van der Waals surface area contributed by atoms with E-state index in [1.807, 2.05) is 62.4 Å². The molecule has 0 saturated heterocycles. The topological polar surface area (TPSA) is 98.3 Å². The monoisotopic (exact) mass is 510 g/mol. The highest BCUT2D eigenvalue weighted by molar-refractivity contribution is 5.92. The zero-order valence-corrected chi connectivity index (χ0v) is 21.5. The maximum absolute atomic E-state index is 13.6. The van der Waals surface area contributed by atoms with Crippen molar-refractivity contribution in [2.45, 2.75) is 39.3 Å². The Bertz CT molecular complexity index is 1510. The summed E-state index contributed by atoms with van der Waals surface area (Å²) in [5.74, 6) is 0.304. The first-order valence-corrected chi connectivity index (χ1v) is 12.7. The second kappa shape index (κ2) is 12.1. The van der Waals surface area contributed by atoms with Crippen LogP contribution < -0.4 is 5.56 Å². The molecule has 1 unspecified atom stereocenters. The van der Waals surface area contributed by atoms with E-state index in [-0.39, 0.29) is 17.2 Å². The minimum atomic E-state index is -0.475. The smallest absolute Gasteiger partial charge is 0.269 e. The van der Waals surface area contributed by atoms with Crippen molar-refractivity contribution in [3.05, 3.63) is 122 Å². The van der Waals surface area contributed by atoms with Crippen molar-refractivity contribution in [1.29, 1.82) is 0 Å². The number of carbonyl (C=O) groups excluding carboxylic acids is 1. The van der Waals surface area contributed by atoms with Gasteiger partial charge in [0.1, 0.15) is 5.82 Å². The van der Waals surface area contributed by atoms with Crippen molar-refractivity contribution in [2.75, 3.05) is 6.54 Å². The maximum atomic E-state index is 13.6. The summed E-state index contributed by atoms with van der Waals surface area (Å²) in [6.07, 6.45) is 4.48. The van der Waals surface area contributed by atoms with Gasteiger partial charge in [-0.2, -0.15) is 0 Å². The van der Waals surface area contributed by atoms with Crippen LogP contribution >= 0.6 is 0 Å². The molecule has 0 spiro atoms. The van der Waals surface area contributed by atoms with Crippen LogP contribution in [0.5, 0.6) is 0 Å². The average Bonchev–Trinajstić information content (AvgIpc) is 2.94. The number of nitro groups is 1. The summed E-state index contributed by atoms with van der Waals surface area (Å²) in [6, 6.07) is 22.7. The Morgan fingerprint density at radius 1 is 1.05 bits per heavy atom. The van der Waals surface area contributed by atoms with Gasteiger partial charge in [-0.25, -0.2) is 4.98 Å². The number of nitro benzene ring substituents is 1. The lowest BCUT2D eigenvalue weighted by Gasteiger charge is -2.30. The average molecular weight is 511 g/mol. The molecule has 8 nitrogen and oxygen atoms in total. The van der Waals surface area contributed by atoms with E-state index < -0.39 is 11.0 Å². The zero-order chi connectivity index (χ0) is 27.1. The Labute approximate surface area is 221 Å². The molecule has 0 fully saturated rings. The molecule has 4 rings (SSSR count). The van der Waals surface area contributed by atoms with Crippen LogP contribution in [0.15, 0.2) is 89.7 Å². The van der Waals surface area contributed by atoms with Crippen LogP contribution in [0.1, 0.15) is 43.3 Å². The third-order valence-electron chi connectivity index (χ3n) is 6.47. The molecular weight excluding hydrogens is 480 g/mol. The van der Waals surface area contributed by atoms with Gasteiger partial charge in [0.05, 0.1) is 21.9 Å². The number of rotatable bonds is 10. The second-order valence-corrected chi connectivity index (χ2v) is 9.07. The predicted octanol–water partition coefficient (Wildman–Crippen LogP) is 5.56. The van der Waals surface area contributed by atoms with Gasteiger partial charge in [0.2, 0.25) is 5.91 Å². The summed E-state index contributed by atoms with van der Waals surface area (Å²) in [4.78, 5) is 44.0. The van der Waals surface area contributed by atoms with Crippen molar-refractivity contribution in [3.8, 4) is 0 Å². The van der Waals surface area contributed by atoms with Crippen molar-refractivity contribution in [2.24, 2.45) is 0 Å². The first-order valence-electron chi connectivity index (χ1n) is 12.7. The largest absolute Gasteiger partial charge is 0.329 e. The van der Waals surface area contributed by atoms with Crippen LogP contribution in [0.25, 0.3) is 17.0 Å². The molecule has 8 heteroatoms. The number of benzene rings is 3. The first-order chi connectivity index (χ1) is 18.4. The Balaban J connectivity index is 1.69. The Hall–Kier alpha value is -4.59. The normalized spacial score (nSPS) is 12.1. The molecule has 194 valence electrons. The molecule has 0 N–H and O–H groups in total. The highest BCUT2D eigenvalue weighted by Gasteiger charge is 2.25. The van der Waals surface area contributed by atoms with E-state index in [2.05, 4.69) is 0 Å². The molecular formula is C30H30N4O4. The predicted molar refractivity (Wildman–Crippen MR) is 149 cm³/mol. The van der Waals surface area contributed by atoms with Gasteiger partial charge >= 0.3 is 0 Å². The second-order valence-electron chi connectivity index (χ2n) is 9.07. The lowest BCUT2D eigenvalue weighted by molar-refractivity contribution is -0.384. The fraction of sp³-hybridized carbons (Fsp3) is 0.233. The summed E-state index contributed by atoms with van der Waals surface area (Å²) in [6.45, 7) is 4.81. The minimum Gasteiger partial charge on any atom is -0.329 e. The lowest BCUT2D eigenvalue weighted by atomic mass is 10.1. The van der Waals surface area contributed by atoms with Crippen molar-refractivity contribution < 1.29 is 9.72 Å². The van der Waals surface area contributed by atoms with Gasteiger partial charge in [0, 0.05) is 31.3 Å². The van der Waals surface area contributed by atoms with Crippen molar-refractivity contribution in [3.63, 3.8) is 0 Å². The van der Waals surface area contributed by atoms with Gasteiger partial charge in [0.25, 0.3) is 11.2 Å². The summed E-state index contributed by atoms with van der Waals surface area (Å²) < 4.78 is 1.68. The quantitative estimate of drug-likeness (QED) is 0.158. The Kier molecular flexibility index (Phi) is 8.43. The number of aromatic nitrogens is 2. The molecule has 0 aliphatic carbocycles. The molecule has 0 radical (unpaired) electrons. The van der Waals surface area contributed by atoms with E-state index >= 15 is 0 Å². The van der Waals surface area contributed by atoms with Crippen LogP contribution in [0, 0.1) is 10.1 Å². The molecule has 0 aliphatic rings. The number of para-hydroxylation sites is 1. The van der Waals surface area contributed by atoms with E-state index in [1.54, 1.807) is 33.7 Å². The molecule has 1 heterocycles. The molecule has 0 saturated carbocycles. The third-order valence-corrected chi connectivity index (χ3v) is 6.47. The standard InChI is InChI=1S/C30H30N4O4/c1-3-20-33-29(31-27-12-8-7-11-26(27)30(33)36)22(2)32(21-19-23-9-5-4-6-10-23)28(35)18-15-24-13-16-25(17-14-24)34(37)38/h4-18,22H,3,19-21H2,1-2H3/b18-15+. The molecule has 1 amide bonds. The Morgan fingerprint density at radius 3 is 2.42 bits per heavy atom. The van der Waals surface area contributed by atoms with Gasteiger partial charge in [-0.1, -0.05) is 49.4 Å². The molecule has 38 heavy (non-hydrogen) atoms. The van der Waals surface area contributed by atoms with Crippen molar-refractivity contribution in [1.82, 2.24) is 14.5 Å². The molecule has 0 aliphatic heterocycles. The maximum Gasteiger partial charge on any atom is 0.269 e. The number of amides is 1. The van der Waals surface area contributed by atoms with Gasteiger partial charge in [-0.15, -0.1) is 0 Å². The summed E-state index contributed by atoms with van der Waals surface area (Å²) in [5, 5.41) is 11.5. The number of fused-ring (bicyclic) bond motifs is 1. The van der Waals surface area contributed by atoms with E-state index in [4.69, 9.17) is 4.98 Å². The van der Waals surface area contributed by atoms with Crippen LogP contribution in [0.4, 0.5) is 5.69 Å². The van der Waals surface area contributed by atoms with E-state index in [9.17, 15) is 19.7 Å². The SMILES string of the molecule is CCCn1c(C(C)N(CCc2ccccc2)C(=O)/C=C/c2ccc([N+](=O)[O-])cc2)nc2ccccc2c1=O. The van der Waals surface area contributed by atoms with Crippen LogP contribution in [0.2, 0.25) is 0 Å². The van der Waals surface area contributed by atoms with E-state index in [0.717, 1.165) is 12.0 Å². The Morgan fingerprint density at radius 2 is 1.74 bits per heavy atom. The highest BCUT2D eigenvalue weighted by atomic mass is 16.6. The van der Waals surface area contributed by atoms with Gasteiger partial charge in [-0.3, -0.25) is 24.3 Å². The zero-order valence-electron chi connectivity index (χ0n) is 21.5. The summed E-state index contributed by atoms with van der Waals surface area (Å²) in [7, 11) is 0. The molecule has 4 aromatic rings. The summed E-state index contributed by atoms with van der Waals surface area (Å²) in [5.41, 5.74) is 2.24. The molecule has 1 aromatic heterocycles. The number of hydrogen-bond acceptors (Lipinski definition) is 5. The van der Waals surface area contributed by atoms with Gasteiger partial charge < -0.3 is 4.90 Å². The molecule has 1 atom stereocenters. The highest BCUT2D eigenvalue weighted by Crippen LogP contribution is 2.22. The lowest BCUT2D eigenvalue weighted by Crippen LogP contribution is -2.38.